The number of unbranched alkanes of at least 4 members (excludes halogenated alkanes) is 1. The predicted molar refractivity (Wildman–Crippen MR) is 103 cm³/mol. The first-order chi connectivity index (χ1) is 12.2. The lowest BCUT2D eigenvalue weighted by atomic mass is 10.0. The van der Waals surface area contributed by atoms with Crippen LogP contribution in [0.3, 0.4) is 0 Å². The van der Waals surface area contributed by atoms with Crippen LogP contribution in [0.15, 0.2) is 29.2 Å². The molecule has 0 aliphatic rings. The van der Waals surface area contributed by atoms with Crippen molar-refractivity contribution in [3.8, 4) is 0 Å². The average Bonchev–Trinajstić information content (AvgIpc) is 2.57. The van der Waals surface area contributed by atoms with Crippen LogP contribution in [-0.2, 0) is 14.8 Å². The minimum Gasteiger partial charge on any atom is -0.394 e. The van der Waals surface area contributed by atoms with Gasteiger partial charge in [-0.25, -0.2) is 8.42 Å². The van der Waals surface area contributed by atoms with Crippen LogP contribution in [0.4, 0.5) is 0 Å². The Morgan fingerprint density at radius 3 is 2.31 bits per heavy atom. The number of hydrogen-bond donors (Lipinski definition) is 3. The number of nitrogens with one attached hydrogen (secondary N) is 2. The molecule has 1 amide bonds. The molecule has 0 aliphatic carbocycles. The van der Waals surface area contributed by atoms with Crippen molar-refractivity contribution in [3.63, 3.8) is 0 Å². The molecule has 0 saturated carbocycles. The summed E-state index contributed by atoms with van der Waals surface area (Å²) in [5.41, 5.74) is 0.960. The van der Waals surface area contributed by atoms with Gasteiger partial charge >= 0.3 is 0 Å². The fourth-order valence-electron chi connectivity index (χ4n) is 2.61. The molecule has 2 atom stereocenters. The molecule has 148 valence electrons. The van der Waals surface area contributed by atoms with E-state index in [1.807, 2.05) is 27.7 Å². The van der Waals surface area contributed by atoms with E-state index >= 15 is 0 Å². The molecule has 0 fully saturated rings. The summed E-state index contributed by atoms with van der Waals surface area (Å²) in [6, 6.07) is 5.26. The van der Waals surface area contributed by atoms with E-state index in [1.165, 1.54) is 12.1 Å². The van der Waals surface area contributed by atoms with E-state index in [0.29, 0.717) is 12.8 Å². The van der Waals surface area contributed by atoms with Gasteiger partial charge in [0, 0.05) is 0 Å². The van der Waals surface area contributed by atoms with Crippen molar-refractivity contribution < 1.29 is 18.3 Å². The van der Waals surface area contributed by atoms with Gasteiger partial charge in [0.2, 0.25) is 15.9 Å². The Morgan fingerprint density at radius 2 is 1.81 bits per heavy atom. The van der Waals surface area contributed by atoms with E-state index in [1.54, 1.807) is 12.1 Å². The predicted octanol–water partition coefficient (Wildman–Crippen LogP) is 2.36. The minimum atomic E-state index is -3.80. The lowest BCUT2D eigenvalue weighted by Crippen LogP contribution is -2.50. The number of amides is 1. The number of benzene rings is 1. The zero-order valence-corrected chi connectivity index (χ0v) is 17.0. The van der Waals surface area contributed by atoms with E-state index in [-0.39, 0.29) is 23.5 Å². The molecule has 0 heterocycles. The Kier molecular flexibility index (Phi) is 9.25. The van der Waals surface area contributed by atoms with Crippen molar-refractivity contribution >= 4 is 15.9 Å². The second-order valence-corrected chi connectivity index (χ2v) is 8.86. The number of hydrogen-bond acceptors (Lipinski definition) is 4. The van der Waals surface area contributed by atoms with Gasteiger partial charge in [-0.1, -0.05) is 51.3 Å². The highest BCUT2D eigenvalue weighted by atomic mass is 32.2. The molecular formula is C19H32N2O4S. The van der Waals surface area contributed by atoms with Gasteiger partial charge in [-0.05, 0) is 37.8 Å². The van der Waals surface area contributed by atoms with E-state index in [0.717, 1.165) is 18.4 Å². The van der Waals surface area contributed by atoms with Crippen molar-refractivity contribution in [1.82, 2.24) is 10.0 Å². The molecule has 0 saturated heterocycles. The third-order valence-electron chi connectivity index (χ3n) is 4.13. The van der Waals surface area contributed by atoms with Gasteiger partial charge in [-0.2, -0.15) is 4.72 Å². The second kappa shape index (κ2) is 10.6. The number of aliphatic hydroxyl groups is 1. The van der Waals surface area contributed by atoms with Crippen LogP contribution in [-0.4, -0.2) is 38.1 Å². The van der Waals surface area contributed by atoms with Crippen molar-refractivity contribution in [3.05, 3.63) is 29.8 Å². The van der Waals surface area contributed by atoms with Crippen molar-refractivity contribution in [2.75, 3.05) is 6.61 Å². The smallest absolute Gasteiger partial charge is 0.241 e. The summed E-state index contributed by atoms with van der Waals surface area (Å²) in [6.45, 7) is 7.62. The van der Waals surface area contributed by atoms with E-state index < -0.39 is 22.0 Å². The molecule has 1 aromatic rings. The first-order valence-corrected chi connectivity index (χ1v) is 10.7. The number of carbonyl (C=O) groups excluding carboxylic acids is 1. The van der Waals surface area contributed by atoms with Gasteiger partial charge in [0.15, 0.2) is 0 Å². The van der Waals surface area contributed by atoms with Crippen LogP contribution in [0.1, 0.15) is 52.0 Å². The minimum absolute atomic E-state index is 0.134. The monoisotopic (exact) mass is 384 g/mol. The van der Waals surface area contributed by atoms with Gasteiger partial charge in [0.25, 0.3) is 0 Å². The van der Waals surface area contributed by atoms with E-state index in [2.05, 4.69) is 10.0 Å². The molecule has 0 bridgehead atoms. The second-order valence-electron chi connectivity index (χ2n) is 7.15. The van der Waals surface area contributed by atoms with Gasteiger partial charge in [-0.15, -0.1) is 0 Å². The maximum Gasteiger partial charge on any atom is 0.241 e. The highest BCUT2D eigenvalue weighted by molar-refractivity contribution is 7.89. The molecule has 0 aromatic heterocycles. The standard InChI is InChI=1S/C19H32N2O4S/c1-5-6-7-16(13-22)20-19(23)18(12-14(2)3)21-26(24,25)17-10-8-15(4)9-11-17/h8-11,14,16,18,21-22H,5-7,12-13H2,1-4H3,(H,20,23)/t16-,18-/m0/s1. The zero-order chi connectivity index (χ0) is 19.7. The van der Waals surface area contributed by atoms with E-state index in [4.69, 9.17) is 0 Å². The average molecular weight is 385 g/mol. The third-order valence-corrected chi connectivity index (χ3v) is 5.61. The fraction of sp³-hybridized carbons (Fsp3) is 0.632. The Labute approximate surface area is 157 Å². The van der Waals surface area contributed by atoms with E-state index in [9.17, 15) is 18.3 Å². The van der Waals surface area contributed by atoms with Crippen LogP contribution in [0.25, 0.3) is 0 Å². The summed E-state index contributed by atoms with van der Waals surface area (Å²) >= 11 is 0. The quantitative estimate of drug-likeness (QED) is 0.546. The van der Waals surface area contributed by atoms with Crippen LogP contribution in [0.5, 0.6) is 0 Å². The molecule has 1 rings (SSSR count). The van der Waals surface area contributed by atoms with Crippen molar-refractivity contribution in [2.45, 2.75) is 70.4 Å². The molecule has 0 spiro atoms. The van der Waals surface area contributed by atoms with Crippen LogP contribution >= 0.6 is 0 Å². The normalized spacial score (nSPS) is 14.2. The lowest BCUT2D eigenvalue weighted by molar-refractivity contribution is -0.124. The Morgan fingerprint density at radius 1 is 1.19 bits per heavy atom. The molecular weight excluding hydrogens is 352 g/mol. The van der Waals surface area contributed by atoms with Crippen LogP contribution in [0, 0.1) is 12.8 Å². The van der Waals surface area contributed by atoms with Crippen LogP contribution < -0.4 is 10.0 Å². The molecule has 3 N–H and O–H groups in total. The topological polar surface area (TPSA) is 95.5 Å². The Balaban J connectivity index is 2.91. The summed E-state index contributed by atoms with van der Waals surface area (Å²) < 4.78 is 27.8. The summed E-state index contributed by atoms with van der Waals surface area (Å²) in [4.78, 5) is 12.8. The number of aliphatic hydroxyl groups excluding tert-OH is 1. The van der Waals surface area contributed by atoms with Gasteiger partial charge in [0.1, 0.15) is 6.04 Å². The molecule has 26 heavy (non-hydrogen) atoms. The summed E-state index contributed by atoms with van der Waals surface area (Å²) in [6.07, 6.45) is 2.89. The maximum atomic E-state index is 12.6. The number of rotatable bonds is 11. The van der Waals surface area contributed by atoms with Gasteiger partial charge < -0.3 is 10.4 Å². The van der Waals surface area contributed by atoms with Crippen LogP contribution in [0.2, 0.25) is 0 Å². The number of aryl methyl sites for hydroxylation is 1. The third kappa shape index (κ3) is 7.43. The highest BCUT2D eigenvalue weighted by Crippen LogP contribution is 2.14. The Bertz CT molecular complexity index is 657. The number of carbonyl (C=O) groups is 1. The molecule has 1 aromatic carbocycles. The van der Waals surface area contributed by atoms with Gasteiger partial charge in [-0.3, -0.25) is 4.79 Å². The Hall–Kier alpha value is -1.44. The number of sulfonamides is 1. The molecule has 7 heteroatoms. The lowest BCUT2D eigenvalue weighted by Gasteiger charge is -2.23. The first-order valence-electron chi connectivity index (χ1n) is 9.19. The summed E-state index contributed by atoms with van der Waals surface area (Å²) in [5, 5.41) is 12.2. The molecule has 0 aliphatic heterocycles. The van der Waals surface area contributed by atoms with Gasteiger partial charge in [0.05, 0.1) is 17.5 Å². The first kappa shape index (κ1) is 22.6. The largest absolute Gasteiger partial charge is 0.394 e. The van der Waals surface area contributed by atoms with Crippen molar-refractivity contribution in [2.24, 2.45) is 5.92 Å². The molecule has 0 radical (unpaired) electrons. The summed E-state index contributed by atoms with van der Waals surface area (Å²) in [5.74, 6) is -0.265. The highest BCUT2D eigenvalue weighted by Gasteiger charge is 2.27. The zero-order valence-electron chi connectivity index (χ0n) is 16.2. The maximum absolute atomic E-state index is 12.6. The fourth-order valence-corrected chi connectivity index (χ4v) is 3.82. The summed E-state index contributed by atoms with van der Waals surface area (Å²) in [7, 11) is -3.80. The molecule has 0 unspecified atom stereocenters. The molecule has 6 nitrogen and oxygen atoms in total. The SMILES string of the molecule is CCCC[C@@H](CO)NC(=O)[C@H](CC(C)C)NS(=O)(=O)c1ccc(C)cc1. The van der Waals surface area contributed by atoms with Crippen molar-refractivity contribution in [1.29, 1.82) is 0 Å².